The molecule has 0 spiro atoms. The lowest BCUT2D eigenvalue weighted by Gasteiger charge is -2.19. The maximum absolute atomic E-state index is 8.71. The average molecular weight is 279 g/mol. The summed E-state index contributed by atoms with van der Waals surface area (Å²) in [6.45, 7) is 6.39. The van der Waals surface area contributed by atoms with Gasteiger partial charge < -0.3 is 21.0 Å². The zero-order valence-corrected chi connectivity index (χ0v) is 12.2. The van der Waals surface area contributed by atoms with Gasteiger partial charge in [-0.3, -0.25) is 0 Å². The summed E-state index contributed by atoms with van der Waals surface area (Å²) in [7, 11) is 0. The van der Waals surface area contributed by atoms with Crippen molar-refractivity contribution in [2.24, 2.45) is 16.8 Å². The zero-order chi connectivity index (χ0) is 14.8. The molecule has 1 atom stereocenters. The molecule has 1 aromatic rings. The van der Waals surface area contributed by atoms with Crippen LogP contribution in [0.3, 0.4) is 0 Å². The quantitative estimate of drug-likeness (QED) is 0.213. The Balaban J connectivity index is 2.47. The van der Waals surface area contributed by atoms with Crippen molar-refractivity contribution in [3.8, 4) is 0 Å². The number of hydrogen-bond acceptors (Lipinski definition) is 4. The summed E-state index contributed by atoms with van der Waals surface area (Å²) in [5, 5.41) is 15.1. The first-order valence-corrected chi connectivity index (χ1v) is 6.96. The number of nitrogens with zero attached hydrogens (tertiary/aromatic N) is 1. The van der Waals surface area contributed by atoms with E-state index in [0.29, 0.717) is 18.9 Å². The summed E-state index contributed by atoms with van der Waals surface area (Å²) in [5.41, 5.74) is 6.72. The Hall–Kier alpha value is -1.59. The molecule has 0 amide bonds. The van der Waals surface area contributed by atoms with Crippen LogP contribution in [0.2, 0.25) is 0 Å². The van der Waals surface area contributed by atoms with Crippen LogP contribution in [-0.4, -0.2) is 30.8 Å². The van der Waals surface area contributed by atoms with Gasteiger partial charge in [0.2, 0.25) is 0 Å². The van der Waals surface area contributed by atoms with Crippen LogP contribution in [-0.2, 0) is 4.74 Å². The number of hydrogen-bond donors (Lipinski definition) is 3. The van der Waals surface area contributed by atoms with E-state index in [-0.39, 0.29) is 11.9 Å². The standard InChI is InChI=1S/C15H25N3O2/c1-12(2)11-20-9-8-17-14(10-15(16)18-19)13-6-4-3-5-7-13/h3-7,12,14,17,19H,8-11H2,1-2H3,(H2,16,18). The van der Waals surface area contributed by atoms with Gasteiger partial charge in [-0.15, -0.1) is 0 Å². The molecule has 0 heterocycles. The molecular weight excluding hydrogens is 254 g/mol. The average Bonchev–Trinajstić information content (AvgIpc) is 2.46. The molecule has 5 heteroatoms. The molecule has 5 nitrogen and oxygen atoms in total. The predicted molar refractivity (Wildman–Crippen MR) is 80.9 cm³/mol. The Morgan fingerprint density at radius 2 is 2.05 bits per heavy atom. The van der Waals surface area contributed by atoms with Gasteiger partial charge in [0.25, 0.3) is 0 Å². The summed E-state index contributed by atoms with van der Waals surface area (Å²) in [4.78, 5) is 0. The second-order valence-corrected chi connectivity index (χ2v) is 5.18. The van der Waals surface area contributed by atoms with Crippen molar-refractivity contribution in [1.82, 2.24) is 5.32 Å². The van der Waals surface area contributed by atoms with Crippen LogP contribution in [0, 0.1) is 5.92 Å². The van der Waals surface area contributed by atoms with Gasteiger partial charge in [0, 0.05) is 25.6 Å². The Labute approximate surface area is 120 Å². The highest BCUT2D eigenvalue weighted by Crippen LogP contribution is 2.16. The Morgan fingerprint density at radius 3 is 2.65 bits per heavy atom. The summed E-state index contributed by atoms with van der Waals surface area (Å²) < 4.78 is 5.54. The minimum Gasteiger partial charge on any atom is -0.409 e. The fourth-order valence-electron chi connectivity index (χ4n) is 1.87. The van der Waals surface area contributed by atoms with Crippen LogP contribution >= 0.6 is 0 Å². The SMILES string of the molecule is CC(C)COCCNC(C/C(N)=N/O)c1ccccc1. The van der Waals surface area contributed by atoms with E-state index in [9.17, 15) is 0 Å². The fourth-order valence-corrected chi connectivity index (χ4v) is 1.87. The lowest BCUT2D eigenvalue weighted by Crippen LogP contribution is -2.29. The van der Waals surface area contributed by atoms with E-state index in [1.807, 2.05) is 30.3 Å². The second kappa shape index (κ2) is 9.34. The van der Waals surface area contributed by atoms with E-state index in [1.165, 1.54) is 0 Å². The molecule has 0 fully saturated rings. The molecule has 0 saturated heterocycles. The van der Waals surface area contributed by atoms with Crippen molar-refractivity contribution in [1.29, 1.82) is 0 Å². The molecule has 4 N–H and O–H groups in total. The highest BCUT2D eigenvalue weighted by atomic mass is 16.5. The molecule has 20 heavy (non-hydrogen) atoms. The third-order valence-corrected chi connectivity index (χ3v) is 2.83. The van der Waals surface area contributed by atoms with Crippen molar-refractivity contribution < 1.29 is 9.94 Å². The lowest BCUT2D eigenvalue weighted by molar-refractivity contribution is 0.110. The van der Waals surface area contributed by atoms with Crippen LogP contribution in [0.1, 0.15) is 31.9 Å². The van der Waals surface area contributed by atoms with E-state index in [0.717, 1.165) is 18.7 Å². The maximum atomic E-state index is 8.71. The normalized spacial score (nSPS) is 13.7. The van der Waals surface area contributed by atoms with Gasteiger partial charge in [-0.25, -0.2) is 0 Å². The molecule has 0 aromatic heterocycles. The molecular formula is C15H25N3O2. The van der Waals surface area contributed by atoms with Gasteiger partial charge in [-0.05, 0) is 11.5 Å². The zero-order valence-electron chi connectivity index (χ0n) is 12.2. The highest BCUT2D eigenvalue weighted by molar-refractivity contribution is 5.80. The summed E-state index contributed by atoms with van der Waals surface area (Å²) in [6, 6.07) is 10.00. The maximum Gasteiger partial charge on any atom is 0.141 e. The molecule has 1 aromatic carbocycles. The van der Waals surface area contributed by atoms with Crippen LogP contribution in [0.25, 0.3) is 0 Å². The molecule has 0 radical (unpaired) electrons. The second-order valence-electron chi connectivity index (χ2n) is 5.18. The number of benzene rings is 1. The van der Waals surface area contributed by atoms with Crippen LogP contribution in [0.5, 0.6) is 0 Å². The third kappa shape index (κ3) is 6.54. The Bertz CT molecular complexity index is 393. The van der Waals surface area contributed by atoms with E-state index in [1.54, 1.807) is 0 Å². The Morgan fingerprint density at radius 1 is 1.35 bits per heavy atom. The van der Waals surface area contributed by atoms with Crippen LogP contribution in [0.15, 0.2) is 35.5 Å². The summed E-state index contributed by atoms with van der Waals surface area (Å²) in [5.74, 6) is 0.756. The van der Waals surface area contributed by atoms with E-state index < -0.39 is 0 Å². The number of amidine groups is 1. The fraction of sp³-hybridized carbons (Fsp3) is 0.533. The van der Waals surface area contributed by atoms with E-state index >= 15 is 0 Å². The molecule has 112 valence electrons. The number of rotatable bonds is 9. The van der Waals surface area contributed by atoms with Gasteiger partial charge in [0.15, 0.2) is 0 Å². The largest absolute Gasteiger partial charge is 0.409 e. The first-order valence-electron chi connectivity index (χ1n) is 6.96. The van der Waals surface area contributed by atoms with Crippen molar-refractivity contribution in [3.63, 3.8) is 0 Å². The first kappa shape index (κ1) is 16.5. The van der Waals surface area contributed by atoms with E-state index in [2.05, 4.69) is 24.3 Å². The van der Waals surface area contributed by atoms with Crippen molar-refractivity contribution in [2.45, 2.75) is 26.3 Å². The van der Waals surface area contributed by atoms with Crippen LogP contribution < -0.4 is 11.1 Å². The molecule has 0 bridgehead atoms. The molecule has 1 rings (SSSR count). The number of nitrogens with two attached hydrogens (primary N) is 1. The van der Waals surface area contributed by atoms with Gasteiger partial charge in [-0.2, -0.15) is 0 Å². The van der Waals surface area contributed by atoms with Gasteiger partial charge in [-0.1, -0.05) is 49.3 Å². The minimum atomic E-state index is 0.0229. The first-order chi connectivity index (χ1) is 9.63. The topological polar surface area (TPSA) is 79.9 Å². The summed E-state index contributed by atoms with van der Waals surface area (Å²) in [6.07, 6.45) is 0.463. The predicted octanol–water partition coefficient (Wildman–Crippen LogP) is 2.13. The van der Waals surface area contributed by atoms with E-state index in [4.69, 9.17) is 15.7 Å². The third-order valence-electron chi connectivity index (χ3n) is 2.83. The lowest BCUT2D eigenvalue weighted by atomic mass is 10.0. The van der Waals surface area contributed by atoms with Gasteiger partial charge >= 0.3 is 0 Å². The number of ether oxygens (including phenoxy) is 1. The van der Waals surface area contributed by atoms with Crippen molar-refractivity contribution in [2.75, 3.05) is 19.8 Å². The van der Waals surface area contributed by atoms with Crippen molar-refractivity contribution >= 4 is 5.84 Å². The minimum absolute atomic E-state index is 0.0229. The molecule has 0 aliphatic carbocycles. The number of oxime groups is 1. The number of nitrogens with one attached hydrogen (secondary N) is 1. The van der Waals surface area contributed by atoms with Crippen molar-refractivity contribution in [3.05, 3.63) is 35.9 Å². The molecule has 0 saturated carbocycles. The molecule has 0 aliphatic heterocycles. The monoisotopic (exact) mass is 279 g/mol. The van der Waals surface area contributed by atoms with Gasteiger partial charge in [0.05, 0.1) is 6.61 Å². The smallest absolute Gasteiger partial charge is 0.141 e. The Kier molecular flexibility index (Phi) is 7.69. The molecule has 1 unspecified atom stereocenters. The van der Waals surface area contributed by atoms with Crippen LogP contribution in [0.4, 0.5) is 0 Å². The highest BCUT2D eigenvalue weighted by Gasteiger charge is 2.12. The molecule has 0 aliphatic rings. The van der Waals surface area contributed by atoms with Gasteiger partial charge in [0.1, 0.15) is 5.84 Å². The summed E-state index contributed by atoms with van der Waals surface area (Å²) >= 11 is 0.